The van der Waals surface area contributed by atoms with Gasteiger partial charge in [-0.3, -0.25) is 0 Å². The van der Waals surface area contributed by atoms with E-state index in [1.807, 2.05) is 31.2 Å². The van der Waals surface area contributed by atoms with E-state index in [4.69, 9.17) is 5.11 Å². The van der Waals surface area contributed by atoms with Crippen molar-refractivity contribution in [2.75, 3.05) is 18.4 Å². The summed E-state index contributed by atoms with van der Waals surface area (Å²) in [4.78, 5) is 12.4. The summed E-state index contributed by atoms with van der Waals surface area (Å²) in [5, 5.41) is 21.7. The minimum Gasteiger partial charge on any atom is -0.465 e. The molecule has 0 saturated carbocycles. The lowest BCUT2D eigenvalue weighted by Crippen LogP contribution is -2.47. The number of para-hydroxylation sites is 1. The number of nitrogens with zero attached hydrogens (tertiary/aromatic N) is 1. The zero-order valence-electron chi connectivity index (χ0n) is 11.0. The monoisotopic (exact) mass is 264 g/mol. The van der Waals surface area contributed by atoms with Gasteiger partial charge < -0.3 is 20.4 Å². The highest BCUT2D eigenvalue weighted by atomic mass is 16.4. The van der Waals surface area contributed by atoms with Crippen molar-refractivity contribution >= 4 is 11.8 Å². The van der Waals surface area contributed by atoms with Crippen LogP contribution in [0.25, 0.3) is 0 Å². The van der Waals surface area contributed by atoms with Gasteiger partial charge in [0.15, 0.2) is 0 Å². The first kappa shape index (κ1) is 13.7. The molecule has 0 aromatic heterocycles. The molecule has 0 spiro atoms. The molecule has 2 atom stereocenters. The molecule has 3 N–H and O–H groups in total. The molecule has 1 aliphatic rings. The van der Waals surface area contributed by atoms with E-state index in [1.165, 1.54) is 4.90 Å². The first-order chi connectivity index (χ1) is 9.11. The van der Waals surface area contributed by atoms with Crippen molar-refractivity contribution in [3.63, 3.8) is 0 Å². The number of piperidine rings is 1. The number of nitrogens with one attached hydrogen (secondary N) is 1. The molecule has 2 rings (SSSR count). The molecule has 1 aromatic carbocycles. The zero-order valence-corrected chi connectivity index (χ0v) is 11.0. The highest BCUT2D eigenvalue weighted by molar-refractivity contribution is 5.65. The molecule has 0 aliphatic carbocycles. The Morgan fingerprint density at radius 3 is 2.84 bits per heavy atom. The molecule has 1 amide bonds. The number of carbonyl (C=O) groups is 1. The normalized spacial score (nSPS) is 23.2. The Bertz CT molecular complexity index is 450. The fourth-order valence-electron chi connectivity index (χ4n) is 2.53. The van der Waals surface area contributed by atoms with Crippen molar-refractivity contribution in [3.8, 4) is 0 Å². The molecular formula is C14H20N2O3. The number of hydrogen-bond donors (Lipinski definition) is 3. The van der Waals surface area contributed by atoms with Gasteiger partial charge in [0.1, 0.15) is 0 Å². The first-order valence-electron chi connectivity index (χ1n) is 6.55. The summed E-state index contributed by atoms with van der Waals surface area (Å²) < 4.78 is 0. The fraction of sp³-hybridized carbons (Fsp3) is 0.500. The summed E-state index contributed by atoms with van der Waals surface area (Å²) in [7, 11) is 0. The van der Waals surface area contributed by atoms with E-state index >= 15 is 0 Å². The van der Waals surface area contributed by atoms with E-state index in [-0.39, 0.29) is 18.6 Å². The predicted molar refractivity (Wildman–Crippen MR) is 73.2 cm³/mol. The van der Waals surface area contributed by atoms with Crippen molar-refractivity contribution in [2.24, 2.45) is 5.92 Å². The molecule has 0 radical (unpaired) electrons. The molecule has 1 saturated heterocycles. The van der Waals surface area contributed by atoms with Gasteiger partial charge in [0.25, 0.3) is 0 Å². The quantitative estimate of drug-likeness (QED) is 0.780. The second-order valence-electron chi connectivity index (χ2n) is 5.06. The second-order valence-corrected chi connectivity index (χ2v) is 5.06. The molecule has 19 heavy (non-hydrogen) atoms. The van der Waals surface area contributed by atoms with Crippen LogP contribution in [0.3, 0.4) is 0 Å². The molecule has 2 unspecified atom stereocenters. The van der Waals surface area contributed by atoms with Crippen LogP contribution in [0, 0.1) is 5.92 Å². The largest absolute Gasteiger partial charge is 0.465 e. The van der Waals surface area contributed by atoms with Gasteiger partial charge in [0.2, 0.25) is 0 Å². The van der Waals surface area contributed by atoms with Crippen molar-refractivity contribution in [1.29, 1.82) is 0 Å². The van der Waals surface area contributed by atoms with Crippen LogP contribution in [-0.4, -0.2) is 40.3 Å². The lowest BCUT2D eigenvalue weighted by Gasteiger charge is -2.36. The average Bonchev–Trinajstić information content (AvgIpc) is 2.41. The van der Waals surface area contributed by atoms with Crippen LogP contribution in [-0.2, 0) is 6.61 Å². The second kappa shape index (κ2) is 5.93. The zero-order chi connectivity index (χ0) is 13.8. The lowest BCUT2D eigenvalue weighted by molar-refractivity contribution is 0.119. The number of carboxylic acid groups (broad SMARTS) is 1. The number of aliphatic hydroxyl groups is 1. The van der Waals surface area contributed by atoms with Crippen LogP contribution < -0.4 is 5.32 Å². The molecule has 1 fully saturated rings. The summed E-state index contributed by atoms with van der Waals surface area (Å²) in [6.07, 6.45) is -0.0613. The van der Waals surface area contributed by atoms with E-state index in [0.29, 0.717) is 13.1 Å². The molecule has 1 aliphatic heterocycles. The average molecular weight is 264 g/mol. The van der Waals surface area contributed by atoms with Crippen LogP contribution in [0.2, 0.25) is 0 Å². The Balaban J connectivity index is 2.02. The standard InChI is InChI=1S/C14H20N2O3/c1-10-8-16(14(18)19)7-6-12(10)15-13-5-3-2-4-11(13)9-17/h2-5,10,12,15,17H,6-9H2,1H3,(H,18,19). The number of rotatable bonds is 3. The van der Waals surface area contributed by atoms with Crippen molar-refractivity contribution in [1.82, 2.24) is 4.90 Å². The van der Waals surface area contributed by atoms with E-state index in [9.17, 15) is 9.90 Å². The van der Waals surface area contributed by atoms with Gasteiger partial charge in [-0.25, -0.2) is 4.79 Å². The Labute approximate surface area is 112 Å². The van der Waals surface area contributed by atoms with Crippen LogP contribution in [0.15, 0.2) is 24.3 Å². The van der Waals surface area contributed by atoms with Crippen molar-refractivity contribution in [2.45, 2.75) is 26.0 Å². The van der Waals surface area contributed by atoms with Gasteiger partial charge >= 0.3 is 6.09 Å². The fourth-order valence-corrected chi connectivity index (χ4v) is 2.53. The highest BCUT2D eigenvalue weighted by Crippen LogP contribution is 2.23. The minimum atomic E-state index is -0.846. The third-order valence-corrected chi connectivity index (χ3v) is 3.70. The SMILES string of the molecule is CC1CN(C(=O)O)CCC1Nc1ccccc1CO. The summed E-state index contributed by atoms with van der Waals surface area (Å²) in [6, 6.07) is 7.90. The number of likely N-dealkylation sites (tertiary alicyclic amines) is 1. The van der Waals surface area contributed by atoms with Crippen LogP contribution >= 0.6 is 0 Å². The minimum absolute atomic E-state index is 0.00548. The van der Waals surface area contributed by atoms with Gasteiger partial charge in [0, 0.05) is 30.4 Å². The molecule has 1 aromatic rings. The van der Waals surface area contributed by atoms with Crippen LogP contribution in [0.1, 0.15) is 18.9 Å². The molecular weight excluding hydrogens is 244 g/mol. The molecule has 5 heteroatoms. The van der Waals surface area contributed by atoms with Gasteiger partial charge in [0.05, 0.1) is 6.61 Å². The van der Waals surface area contributed by atoms with Gasteiger partial charge in [-0.2, -0.15) is 0 Å². The maximum absolute atomic E-state index is 10.9. The molecule has 0 bridgehead atoms. The number of anilines is 1. The van der Waals surface area contributed by atoms with Crippen molar-refractivity contribution < 1.29 is 15.0 Å². The highest BCUT2D eigenvalue weighted by Gasteiger charge is 2.28. The number of amides is 1. The Morgan fingerprint density at radius 2 is 2.21 bits per heavy atom. The van der Waals surface area contributed by atoms with Crippen LogP contribution in [0.4, 0.5) is 10.5 Å². The number of benzene rings is 1. The molecule has 104 valence electrons. The van der Waals surface area contributed by atoms with E-state index in [0.717, 1.165) is 17.7 Å². The maximum atomic E-state index is 10.9. The summed E-state index contributed by atoms with van der Waals surface area (Å²) >= 11 is 0. The summed E-state index contributed by atoms with van der Waals surface area (Å²) in [5.41, 5.74) is 1.81. The smallest absolute Gasteiger partial charge is 0.407 e. The number of aliphatic hydroxyl groups excluding tert-OH is 1. The first-order valence-corrected chi connectivity index (χ1v) is 6.55. The van der Waals surface area contributed by atoms with Gasteiger partial charge in [-0.05, 0) is 18.4 Å². The topological polar surface area (TPSA) is 72.8 Å². The summed E-state index contributed by atoms with van der Waals surface area (Å²) in [6.45, 7) is 3.16. The third-order valence-electron chi connectivity index (χ3n) is 3.70. The van der Waals surface area contributed by atoms with E-state index < -0.39 is 6.09 Å². The maximum Gasteiger partial charge on any atom is 0.407 e. The van der Waals surface area contributed by atoms with Crippen molar-refractivity contribution in [3.05, 3.63) is 29.8 Å². The number of hydrogen-bond acceptors (Lipinski definition) is 3. The molecule has 5 nitrogen and oxygen atoms in total. The van der Waals surface area contributed by atoms with Gasteiger partial charge in [-0.15, -0.1) is 0 Å². The van der Waals surface area contributed by atoms with E-state index in [1.54, 1.807) is 0 Å². The van der Waals surface area contributed by atoms with Gasteiger partial charge in [-0.1, -0.05) is 25.1 Å². The predicted octanol–water partition coefficient (Wildman–Crippen LogP) is 1.98. The third kappa shape index (κ3) is 3.17. The van der Waals surface area contributed by atoms with E-state index in [2.05, 4.69) is 5.32 Å². The van der Waals surface area contributed by atoms with Crippen LogP contribution in [0.5, 0.6) is 0 Å². The molecule has 1 heterocycles. The lowest BCUT2D eigenvalue weighted by atomic mass is 9.93. The Morgan fingerprint density at radius 1 is 1.47 bits per heavy atom. The summed E-state index contributed by atoms with van der Waals surface area (Å²) in [5.74, 6) is 0.247. The Hall–Kier alpha value is -1.75. The Kier molecular flexibility index (Phi) is 4.27.